The standard InChI is InChI=1S/C22H30N4O10S/c27-18(28)10-24(11-19(29)30)5-7-26(8-6-25(12-20(31)32)13-21(33)34)17(22(35)36)9-15-1-3-16(4-2-15)23-14-37/h1-4,14,17H,5-13H2,(H,23,37)(H,27,28)(H,29,30)(H,31,32)(H,33,34)(H,35,36)/t17-/m0/s1. The van der Waals surface area contributed by atoms with Gasteiger partial charge in [0.1, 0.15) is 6.04 Å². The summed E-state index contributed by atoms with van der Waals surface area (Å²) in [5.74, 6) is -6.26. The molecule has 0 radical (unpaired) electrons. The Bertz CT molecular complexity index is 887. The molecule has 1 atom stereocenters. The van der Waals surface area contributed by atoms with Crippen LogP contribution >= 0.6 is 12.2 Å². The van der Waals surface area contributed by atoms with Crippen molar-refractivity contribution in [1.82, 2.24) is 14.7 Å². The number of benzene rings is 1. The molecule has 1 rings (SSSR count). The average Bonchev–Trinajstić information content (AvgIpc) is 2.77. The monoisotopic (exact) mass is 542 g/mol. The molecule has 1 aromatic carbocycles. The minimum absolute atomic E-state index is 0.0168. The third kappa shape index (κ3) is 13.3. The first kappa shape index (κ1) is 31.4. The Morgan fingerprint density at radius 1 is 0.730 bits per heavy atom. The Labute approximate surface area is 217 Å². The minimum atomic E-state index is -1.26. The number of aliphatic carboxylic acids is 5. The lowest BCUT2D eigenvalue weighted by Gasteiger charge is -2.32. The number of anilines is 1. The molecule has 204 valence electrons. The van der Waals surface area contributed by atoms with E-state index in [2.05, 4.69) is 5.32 Å². The molecule has 0 aromatic heterocycles. The average molecular weight is 543 g/mol. The summed E-state index contributed by atoms with van der Waals surface area (Å²) in [5.41, 5.74) is 2.66. The summed E-state index contributed by atoms with van der Waals surface area (Å²) in [6.07, 6.45) is 0.0168. The molecule has 0 unspecified atom stereocenters. The predicted octanol–water partition coefficient (Wildman–Crippen LogP) is -0.704. The largest absolute Gasteiger partial charge is 0.480 e. The number of rotatable bonds is 20. The van der Waals surface area contributed by atoms with Crippen LogP contribution in [0.5, 0.6) is 0 Å². The number of carboxylic acids is 5. The van der Waals surface area contributed by atoms with E-state index >= 15 is 0 Å². The Kier molecular flexibility index (Phi) is 13.7. The van der Waals surface area contributed by atoms with Gasteiger partial charge in [0.15, 0.2) is 0 Å². The first-order valence-corrected chi connectivity index (χ1v) is 11.5. The van der Waals surface area contributed by atoms with Gasteiger partial charge < -0.3 is 30.8 Å². The summed E-state index contributed by atoms with van der Waals surface area (Å²) < 4.78 is 0. The molecule has 0 saturated heterocycles. The van der Waals surface area contributed by atoms with Gasteiger partial charge in [0.05, 0.1) is 31.7 Å². The molecule has 0 heterocycles. The van der Waals surface area contributed by atoms with Crippen molar-refractivity contribution in [3.8, 4) is 0 Å². The van der Waals surface area contributed by atoms with Crippen LogP contribution in [0, 0.1) is 0 Å². The second kappa shape index (κ2) is 16.2. The zero-order valence-corrected chi connectivity index (χ0v) is 20.7. The van der Waals surface area contributed by atoms with Crippen LogP contribution in [-0.2, 0) is 30.4 Å². The van der Waals surface area contributed by atoms with Gasteiger partial charge in [-0.25, -0.2) is 0 Å². The molecule has 0 aliphatic rings. The highest BCUT2D eigenvalue weighted by molar-refractivity contribution is 7.79. The molecule has 0 saturated carbocycles. The maximum atomic E-state index is 12.2. The van der Waals surface area contributed by atoms with Gasteiger partial charge in [-0.2, -0.15) is 0 Å². The van der Waals surface area contributed by atoms with Crippen LogP contribution in [0.2, 0.25) is 0 Å². The molecular weight excluding hydrogens is 512 g/mol. The molecule has 0 fully saturated rings. The number of nitrogens with zero attached hydrogens (tertiary/aromatic N) is 3. The number of carbonyl (C=O) groups is 5. The number of nitrogens with one attached hydrogen (secondary N) is 1. The van der Waals surface area contributed by atoms with Gasteiger partial charge >= 0.3 is 29.8 Å². The second-order valence-electron chi connectivity index (χ2n) is 8.05. The summed E-state index contributed by atoms with van der Waals surface area (Å²) in [5, 5.41) is 49.1. The van der Waals surface area contributed by atoms with Crippen molar-refractivity contribution in [2.24, 2.45) is 0 Å². The third-order valence-corrected chi connectivity index (χ3v) is 5.29. The fourth-order valence-electron chi connectivity index (χ4n) is 3.56. The van der Waals surface area contributed by atoms with Crippen molar-refractivity contribution < 1.29 is 49.5 Å². The zero-order chi connectivity index (χ0) is 28.0. The molecule has 0 amide bonds. The van der Waals surface area contributed by atoms with E-state index in [9.17, 15) is 29.1 Å². The van der Waals surface area contributed by atoms with E-state index < -0.39 is 62.1 Å². The number of carboxylic acid groups (broad SMARTS) is 5. The fourth-order valence-corrected chi connectivity index (χ4v) is 3.69. The molecular formula is C22H30N4O10S. The molecule has 1 aromatic rings. The van der Waals surface area contributed by atoms with Crippen molar-refractivity contribution in [2.75, 3.05) is 57.7 Å². The second-order valence-corrected chi connectivity index (χ2v) is 8.29. The van der Waals surface area contributed by atoms with E-state index in [0.29, 0.717) is 11.3 Å². The van der Waals surface area contributed by atoms with E-state index in [1.807, 2.05) is 0 Å². The van der Waals surface area contributed by atoms with Gasteiger partial charge in [0.25, 0.3) is 0 Å². The number of hydrogen-bond acceptors (Lipinski definition) is 9. The first-order chi connectivity index (χ1) is 17.4. The maximum Gasteiger partial charge on any atom is 0.321 e. The molecule has 0 aliphatic carbocycles. The van der Waals surface area contributed by atoms with E-state index in [4.69, 9.17) is 32.6 Å². The molecule has 14 nitrogen and oxygen atoms in total. The first-order valence-electron chi connectivity index (χ1n) is 11.0. The summed E-state index contributed by atoms with van der Waals surface area (Å²) in [6, 6.07) is 5.63. The van der Waals surface area contributed by atoms with Gasteiger partial charge in [-0.05, 0) is 24.1 Å². The van der Waals surface area contributed by atoms with Crippen LogP contribution < -0.4 is 5.32 Å². The smallest absolute Gasteiger partial charge is 0.321 e. The van der Waals surface area contributed by atoms with Gasteiger partial charge in [-0.3, -0.25) is 38.7 Å². The highest BCUT2D eigenvalue weighted by Crippen LogP contribution is 2.14. The summed E-state index contributed by atoms with van der Waals surface area (Å²) in [6.45, 7) is -2.72. The summed E-state index contributed by atoms with van der Waals surface area (Å²) in [4.78, 5) is 60.5. The normalized spacial score (nSPS) is 11.9. The molecule has 15 heteroatoms. The van der Waals surface area contributed by atoms with Crippen LogP contribution in [-0.4, -0.2) is 134 Å². The molecule has 6 N–H and O–H groups in total. The molecule has 0 aliphatic heterocycles. The van der Waals surface area contributed by atoms with Gasteiger partial charge in [0, 0.05) is 31.9 Å². The lowest BCUT2D eigenvalue weighted by molar-refractivity contribution is -0.146. The summed E-state index contributed by atoms with van der Waals surface area (Å²) in [7, 11) is 0. The summed E-state index contributed by atoms with van der Waals surface area (Å²) >= 11 is 4.73. The highest BCUT2D eigenvalue weighted by atomic mass is 32.1. The Balaban J connectivity index is 3.16. The molecule has 0 bridgehead atoms. The quantitative estimate of drug-likeness (QED) is 0.113. The van der Waals surface area contributed by atoms with Gasteiger partial charge in [-0.1, -0.05) is 24.4 Å². The predicted molar refractivity (Wildman–Crippen MR) is 134 cm³/mol. The van der Waals surface area contributed by atoms with Crippen molar-refractivity contribution in [3.63, 3.8) is 0 Å². The van der Waals surface area contributed by atoms with E-state index in [1.165, 1.54) is 10.4 Å². The SMILES string of the molecule is O=C(O)CN(CCN(CCN(CC(=O)O)CC(=O)O)[C@@H](Cc1ccc(NC=S)cc1)C(=O)O)CC(=O)O. The minimum Gasteiger partial charge on any atom is -0.480 e. The zero-order valence-electron chi connectivity index (χ0n) is 19.9. The topological polar surface area (TPSA) is 208 Å². The van der Waals surface area contributed by atoms with E-state index in [0.717, 1.165) is 9.80 Å². The molecule has 37 heavy (non-hydrogen) atoms. The van der Waals surface area contributed by atoms with Crippen LogP contribution in [0.3, 0.4) is 0 Å². The van der Waals surface area contributed by atoms with Crippen LogP contribution in [0.4, 0.5) is 5.69 Å². The van der Waals surface area contributed by atoms with Crippen LogP contribution in [0.15, 0.2) is 24.3 Å². The van der Waals surface area contributed by atoms with Crippen LogP contribution in [0.1, 0.15) is 5.56 Å². The lowest BCUT2D eigenvalue weighted by atomic mass is 10.0. The Morgan fingerprint density at radius 2 is 1.14 bits per heavy atom. The number of thiocarbonyl (C=S) groups is 1. The van der Waals surface area contributed by atoms with Gasteiger partial charge in [-0.15, -0.1) is 0 Å². The van der Waals surface area contributed by atoms with Crippen molar-refractivity contribution in [2.45, 2.75) is 12.5 Å². The van der Waals surface area contributed by atoms with Crippen LogP contribution in [0.25, 0.3) is 0 Å². The van der Waals surface area contributed by atoms with Crippen molar-refractivity contribution in [1.29, 1.82) is 0 Å². The lowest BCUT2D eigenvalue weighted by Crippen LogP contribution is -2.50. The molecule has 0 spiro atoms. The van der Waals surface area contributed by atoms with Crippen molar-refractivity contribution in [3.05, 3.63) is 29.8 Å². The number of hydrogen-bond donors (Lipinski definition) is 6. The van der Waals surface area contributed by atoms with Gasteiger partial charge in [0.2, 0.25) is 0 Å². The Hall–Kier alpha value is -3.66. The van der Waals surface area contributed by atoms with E-state index in [-0.39, 0.29) is 32.6 Å². The fraction of sp³-hybridized carbons (Fsp3) is 0.455. The van der Waals surface area contributed by atoms with Crippen molar-refractivity contribution >= 4 is 53.2 Å². The third-order valence-electron chi connectivity index (χ3n) is 5.18. The maximum absolute atomic E-state index is 12.2. The Morgan fingerprint density at radius 3 is 1.46 bits per heavy atom. The highest BCUT2D eigenvalue weighted by Gasteiger charge is 2.28. The van der Waals surface area contributed by atoms with E-state index in [1.54, 1.807) is 24.3 Å².